The second kappa shape index (κ2) is 7.95. The first-order valence-corrected chi connectivity index (χ1v) is 9.52. The number of hydrogen-bond donors (Lipinski definition) is 0. The van der Waals surface area contributed by atoms with E-state index in [0.29, 0.717) is 28.7 Å². The summed E-state index contributed by atoms with van der Waals surface area (Å²) in [5, 5.41) is 0.539. The molecule has 1 aromatic heterocycles. The van der Waals surface area contributed by atoms with Gasteiger partial charge in [0.2, 0.25) is 5.91 Å². The third kappa shape index (κ3) is 4.27. The Labute approximate surface area is 155 Å². The number of amides is 1. The lowest BCUT2D eigenvalue weighted by molar-refractivity contribution is -0.118. The van der Waals surface area contributed by atoms with Gasteiger partial charge in [-0.25, -0.2) is 14.2 Å². The zero-order valence-electron chi connectivity index (χ0n) is 14.8. The van der Waals surface area contributed by atoms with E-state index >= 15 is 0 Å². The fraction of sp³-hybridized carbons (Fsp3) is 0.421. The van der Waals surface area contributed by atoms with E-state index in [-0.39, 0.29) is 24.2 Å². The van der Waals surface area contributed by atoms with Crippen LogP contribution in [0.1, 0.15) is 47.1 Å². The van der Waals surface area contributed by atoms with Gasteiger partial charge >= 0.3 is 5.97 Å². The highest BCUT2D eigenvalue weighted by atomic mass is 32.1. The van der Waals surface area contributed by atoms with E-state index < -0.39 is 5.97 Å². The molecule has 1 fully saturated rings. The average molecular weight is 376 g/mol. The summed E-state index contributed by atoms with van der Waals surface area (Å²) >= 11 is 1.20. The Morgan fingerprint density at radius 1 is 1.38 bits per heavy atom. The molecule has 1 amide bonds. The van der Waals surface area contributed by atoms with Crippen molar-refractivity contribution in [1.29, 1.82) is 0 Å². The van der Waals surface area contributed by atoms with E-state index in [9.17, 15) is 14.0 Å². The molecule has 0 unspecified atom stereocenters. The summed E-state index contributed by atoms with van der Waals surface area (Å²) in [4.78, 5) is 31.3. The van der Waals surface area contributed by atoms with Gasteiger partial charge in [0.25, 0.3) is 0 Å². The van der Waals surface area contributed by atoms with Crippen molar-refractivity contribution >= 4 is 28.3 Å². The number of esters is 1. The summed E-state index contributed by atoms with van der Waals surface area (Å²) in [7, 11) is 0. The molecule has 5 nitrogen and oxygen atoms in total. The predicted molar refractivity (Wildman–Crippen MR) is 98.0 cm³/mol. The molecular formula is C19H21FN2O3S. The summed E-state index contributed by atoms with van der Waals surface area (Å²) in [5.74, 6) is -0.763. The van der Waals surface area contributed by atoms with E-state index in [0.717, 1.165) is 18.4 Å². The van der Waals surface area contributed by atoms with Crippen LogP contribution >= 0.6 is 11.3 Å². The molecule has 0 aliphatic heterocycles. The van der Waals surface area contributed by atoms with E-state index in [4.69, 9.17) is 4.74 Å². The summed E-state index contributed by atoms with van der Waals surface area (Å²) in [6, 6.07) is 6.42. The molecule has 0 spiro atoms. The van der Waals surface area contributed by atoms with Crippen molar-refractivity contribution in [2.45, 2.75) is 45.6 Å². The van der Waals surface area contributed by atoms with Crippen LogP contribution in [0.5, 0.6) is 0 Å². The van der Waals surface area contributed by atoms with E-state index in [2.05, 4.69) is 4.98 Å². The number of anilines is 1. The molecule has 26 heavy (non-hydrogen) atoms. The normalized spacial score (nSPS) is 13.5. The molecule has 0 radical (unpaired) electrons. The molecular weight excluding hydrogens is 355 g/mol. The third-order valence-electron chi connectivity index (χ3n) is 4.15. The number of ether oxygens (including phenoxy) is 1. The Bertz CT molecular complexity index is 817. The second-order valence-corrected chi connectivity index (χ2v) is 7.23. The fourth-order valence-electron chi connectivity index (χ4n) is 2.73. The molecule has 0 saturated heterocycles. The van der Waals surface area contributed by atoms with Crippen molar-refractivity contribution in [3.8, 4) is 0 Å². The monoisotopic (exact) mass is 376 g/mol. The molecule has 1 saturated carbocycles. The zero-order chi connectivity index (χ0) is 18.7. The van der Waals surface area contributed by atoms with Crippen LogP contribution in [0.2, 0.25) is 0 Å². The van der Waals surface area contributed by atoms with Crippen LogP contribution in [0.15, 0.2) is 24.3 Å². The van der Waals surface area contributed by atoms with E-state index in [1.54, 1.807) is 24.8 Å². The van der Waals surface area contributed by atoms with Crippen LogP contribution in [-0.4, -0.2) is 29.5 Å². The number of halogens is 1. The molecule has 0 bridgehead atoms. The number of nitrogens with zero attached hydrogens (tertiary/aromatic N) is 2. The van der Waals surface area contributed by atoms with Gasteiger partial charge in [-0.15, -0.1) is 0 Å². The van der Waals surface area contributed by atoms with Gasteiger partial charge in [-0.1, -0.05) is 23.5 Å². The number of carbonyl (C=O) groups excluding carboxylic acids is 2. The van der Waals surface area contributed by atoms with Gasteiger partial charge in [0.1, 0.15) is 10.7 Å². The number of benzene rings is 1. The van der Waals surface area contributed by atoms with E-state index in [1.807, 2.05) is 6.07 Å². The Kier molecular flexibility index (Phi) is 5.66. The molecule has 0 N–H and O–H groups in total. The van der Waals surface area contributed by atoms with E-state index in [1.165, 1.54) is 23.5 Å². The van der Waals surface area contributed by atoms with Crippen LogP contribution in [0.3, 0.4) is 0 Å². The lowest BCUT2D eigenvalue weighted by Gasteiger charge is -2.19. The molecule has 1 aliphatic rings. The maximum Gasteiger partial charge on any atom is 0.350 e. The summed E-state index contributed by atoms with van der Waals surface area (Å²) in [6.45, 7) is 3.79. The number of carbonyl (C=O) groups is 2. The Hall–Kier alpha value is -2.28. The number of aryl methyl sites for hydroxylation is 2. The largest absolute Gasteiger partial charge is 0.462 e. The minimum Gasteiger partial charge on any atom is -0.462 e. The van der Waals surface area contributed by atoms with Gasteiger partial charge in [0, 0.05) is 12.5 Å². The van der Waals surface area contributed by atoms with Crippen molar-refractivity contribution < 1.29 is 18.7 Å². The lowest BCUT2D eigenvalue weighted by atomic mass is 10.1. The summed E-state index contributed by atoms with van der Waals surface area (Å²) in [5.41, 5.74) is 1.36. The van der Waals surface area contributed by atoms with Gasteiger partial charge in [-0.2, -0.15) is 0 Å². The highest BCUT2D eigenvalue weighted by Gasteiger charge is 2.36. The van der Waals surface area contributed by atoms with Crippen LogP contribution in [0.4, 0.5) is 9.52 Å². The fourth-order valence-corrected chi connectivity index (χ4v) is 3.78. The minimum absolute atomic E-state index is 0.0547. The van der Waals surface area contributed by atoms with Crippen molar-refractivity contribution in [3.05, 3.63) is 46.2 Å². The quantitative estimate of drug-likeness (QED) is 0.688. The van der Waals surface area contributed by atoms with Crippen molar-refractivity contribution in [1.82, 2.24) is 4.98 Å². The molecule has 0 atom stereocenters. The third-order valence-corrected chi connectivity index (χ3v) is 5.29. The van der Waals surface area contributed by atoms with Crippen molar-refractivity contribution in [2.75, 3.05) is 11.5 Å². The van der Waals surface area contributed by atoms with Crippen LogP contribution in [0.25, 0.3) is 0 Å². The Morgan fingerprint density at radius 2 is 2.15 bits per heavy atom. The standard InChI is InChI=1S/C19H21FN2O3S/c1-3-25-18(24)17-12(2)21-19(26-17)22(15-8-9-15)16(23)10-7-13-5-4-6-14(20)11-13/h4-6,11,15H,3,7-10H2,1-2H3. The maximum absolute atomic E-state index is 13.3. The molecule has 138 valence electrons. The Morgan fingerprint density at radius 3 is 2.81 bits per heavy atom. The molecule has 2 aromatic rings. The zero-order valence-corrected chi connectivity index (χ0v) is 15.6. The first kappa shape index (κ1) is 18.5. The number of rotatable bonds is 7. The predicted octanol–water partition coefficient (Wildman–Crippen LogP) is 3.90. The highest BCUT2D eigenvalue weighted by Crippen LogP contribution is 2.36. The highest BCUT2D eigenvalue weighted by molar-refractivity contribution is 7.17. The van der Waals surface area contributed by atoms with Gasteiger partial charge in [0.15, 0.2) is 5.13 Å². The molecule has 1 aliphatic carbocycles. The Balaban J connectivity index is 1.74. The summed E-state index contributed by atoms with van der Waals surface area (Å²) < 4.78 is 18.3. The number of thiazole rings is 1. The first-order chi connectivity index (χ1) is 12.5. The topological polar surface area (TPSA) is 59.5 Å². The minimum atomic E-state index is -0.406. The second-order valence-electron chi connectivity index (χ2n) is 6.26. The van der Waals surface area contributed by atoms with Crippen LogP contribution in [0, 0.1) is 12.7 Å². The lowest BCUT2D eigenvalue weighted by Crippen LogP contribution is -2.33. The van der Waals surface area contributed by atoms with Gasteiger partial charge < -0.3 is 4.74 Å². The van der Waals surface area contributed by atoms with Crippen LogP contribution < -0.4 is 4.90 Å². The van der Waals surface area contributed by atoms with Gasteiger partial charge in [-0.3, -0.25) is 9.69 Å². The summed E-state index contributed by atoms with van der Waals surface area (Å²) in [6.07, 6.45) is 2.60. The molecule has 1 heterocycles. The van der Waals surface area contributed by atoms with Crippen LogP contribution in [-0.2, 0) is 16.0 Å². The maximum atomic E-state index is 13.3. The SMILES string of the molecule is CCOC(=O)c1sc(N(C(=O)CCc2cccc(F)c2)C2CC2)nc1C. The molecule has 1 aromatic carbocycles. The smallest absolute Gasteiger partial charge is 0.350 e. The first-order valence-electron chi connectivity index (χ1n) is 8.70. The number of aromatic nitrogens is 1. The average Bonchev–Trinajstić information content (AvgIpc) is 3.35. The molecule has 7 heteroatoms. The van der Waals surface area contributed by atoms with Gasteiger partial charge in [-0.05, 0) is 50.8 Å². The van der Waals surface area contributed by atoms with Gasteiger partial charge in [0.05, 0.1) is 12.3 Å². The molecule has 3 rings (SSSR count). The number of hydrogen-bond acceptors (Lipinski definition) is 5. The van der Waals surface area contributed by atoms with Crippen molar-refractivity contribution in [2.24, 2.45) is 0 Å². The van der Waals surface area contributed by atoms with Crippen molar-refractivity contribution in [3.63, 3.8) is 0 Å².